The van der Waals surface area contributed by atoms with Gasteiger partial charge in [0.1, 0.15) is 5.75 Å². The van der Waals surface area contributed by atoms with Gasteiger partial charge in [0.2, 0.25) is 0 Å². The van der Waals surface area contributed by atoms with Crippen LogP contribution in [0.25, 0.3) is 10.9 Å². The van der Waals surface area contributed by atoms with Gasteiger partial charge in [0.25, 0.3) is 5.56 Å². The number of nitrogens with one attached hydrogen (secondary N) is 1. The second kappa shape index (κ2) is 2.80. The summed E-state index contributed by atoms with van der Waals surface area (Å²) in [6.45, 7) is 0. The fraction of sp³-hybridized carbons (Fsp3) is 0. The predicted molar refractivity (Wildman–Crippen MR) is 46.1 cm³/mol. The van der Waals surface area contributed by atoms with E-state index >= 15 is 0 Å². The third-order valence-electron chi connectivity index (χ3n) is 1.89. The average molecular weight is 197 g/mol. The molecule has 0 aliphatic heterocycles. The van der Waals surface area contributed by atoms with Gasteiger partial charge in [-0.15, -0.1) is 0 Å². The largest absolute Gasteiger partial charge is 0.507 e. The molecule has 3 nitrogen and oxygen atoms in total. The van der Waals surface area contributed by atoms with Crippen molar-refractivity contribution in [2.24, 2.45) is 0 Å². The SMILES string of the molecule is O=c1cc(O)c2ccc(F)c(F)c2[nH]1. The van der Waals surface area contributed by atoms with Crippen LogP contribution >= 0.6 is 0 Å². The standard InChI is InChI=1S/C9H5F2NO2/c10-5-2-1-4-6(13)3-7(14)12-9(4)8(5)11/h1-3H,(H2,12,13,14). The van der Waals surface area contributed by atoms with Crippen LogP contribution in [0.3, 0.4) is 0 Å². The molecule has 0 saturated carbocycles. The van der Waals surface area contributed by atoms with E-state index in [0.717, 1.165) is 12.1 Å². The molecule has 0 bridgehead atoms. The second-order valence-corrected chi connectivity index (χ2v) is 2.80. The number of aromatic nitrogens is 1. The summed E-state index contributed by atoms with van der Waals surface area (Å²) >= 11 is 0. The van der Waals surface area contributed by atoms with Crippen molar-refractivity contribution in [3.8, 4) is 5.75 Å². The molecule has 0 aliphatic rings. The molecule has 2 N–H and O–H groups in total. The van der Waals surface area contributed by atoms with Gasteiger partial charge < -0.3 is 10.1 Å². The summed E-state index contributed by atoms with van der Waals surface area (Å²) in [6, 6.07) is 2.98. The van der Waals surface area contributed by atoms with E-state index in [1.807, 2.05) is 0 Å². The van der Waals surface area contributed by atoms with Crippen molar-refractivity contribution in [1.29, 1.82) is 0 Å². The Balaban J connectivity index is 3.02. The number of H-pyrrole nitrogens is 1. The maximum Gasteiger partial charge on any atom is 0.252 e. The molecule has 14 heavy (non-hydrogen) atoms. The van der Waals surface area contributed by atoms with Crippen LogP contribution in [0.2, 0.25) is 0 Å². The molecule has 0 aliphatic carbocycles. The number of halogens is 2. The van der Waals surface area contributed by atoms with Gasteiger partial charge in [0, 0.05) is 11.5 Å². The molecule has 1 heterocycles. The van der Waals surface area contributed by atoms with E-state index in [4.69, 9.17) is 0 Å². The Hall–Kier alpha value is -1.91. The first-order valence-electron chi connectivity index (χ1n) is 3.79. The van der Waals surface area contributed by atoms with Gasteiger partial charge in [0.15, 0.2) is 11.6 Å². The fourth-order valence-electron chi connectivity index (χ4n) is 1.25. The highest BCUT2D eigenvalue weighted by Crippen LogP contribution is 2.23. The van der Waals surface area contributed by atoms with Gasteiger partial charge in [-0.3, -0.25) is 4.79 Å². The number of fused-ring (bicyclic) bond motifs is 1. The summed E-state index contributed by atoms with van der Waals surface area (Å²) < 4.78 is 25.8. The van der Waals surface area contributed by atoms with Crippen molar-refractivity contribution in [2.75, 3.05) is 0 Å². The monoisotopic (exact) mass is 197 g/mol. The number of pyridine rings is 1. The molecule has 0 saturated heterocycles. The molecule has 0 spiro atoms. The van der Waals surface area contributed by atoms with Crippen molar-refractivity contribution in [2.45, 2.75) is 0 Å². The Kier molecular flexibility index (Phi) is 1.73. The Morgan fingerprint density at radius 2 is 2.00 bits per heavy atom. The molecule has 0 radical (unpaired) electrons. The number of hydrogen-bond acceptors (Lipinski definition) is 2. The van der Waals surface area contributed by atoms with E-state index in [9.17, 15) is 18.7 Å². The van der Waals surface area contributed by atoms with Crippen LogP contribution in [0.5, 0.6) is 5.75 Å². The molecule has 5 heteroatoms. The van der Waals surface area contributed by atoms with Crippen molar-refractivity contribution >= 4 is 10.9 Å². The van der Waals surface area contributed by atoms with Gasteiger partial charge >= 0.3 is 0 Å². The highest BCUT2D eigenvalue weighted by Gasteiger charge is 2.10. The first-order chi connectivity index (χ1) is 6.59. The maximum absolute atomic E-state index is 13.1. The van der Waals surface area contributed by atoms with Crippen LogP contribution in [0, 0.1) is 11.6 Å². The zero-order chi connectivity index (χ0) is 10.3. The Morgan fingerprint density at radius 1 is 1.29 bits per heavy atom. The van der Waals surface area contributed by atoms with Crippen LogP contribution in [0.15, 0.2) is 23.0 Å². The smallest absolute Gasteiger partial charge is 0.252 e. The highest BCUT2D eigenvalue weighted by molar-refractivity contribution is 5.84. The lowest BCUT2D eigenvalue weighted by atomic mass is 10.2. The highest BCUT2D eigenvalue weighted by atomic mass is 19.2. The van der Waals surface area contributed by atoms with Gasteiger partial charge in [-0.2, -0.15) is 0 Å². The minimum atomic E-state index is -1.17. The molecule has 0 atom stereocenters. The van der Waals surface area contributed by atoms with Crippen molar-refractivity contribution < 1.29 is 13.9 Å². The summed E-state index contributed by atoms with van der Waals surface area (Å²) in [6.07, 6.45) is 0. The molecule has 0 fully saturated rings. The number of rotatable bonds is 0. The Labute approximate surface area is 76.6 Å². The third-order valence-corrected chi connectivity index (χ3v) is 1.89. The zero-order valence-electron chi connectivity index (χ0n) is 6.84. The summed E-state index contributed by atoms with van der Waals surface area (Å²) in [5.74, 6) is -2.61. The van der Waals surface area contributed by atoms with E-state index < -0.39 is 17.2 Å². The topological polar surface area (TPSA) is 53.1 Å². The average Bonchev–Trinajstić information content (AvgIpc) is 2.12. The lowest BCUT2D eigenvalue weighted by molar-refractivity contribution is 0.478. The van der Waals surface area contributed by atoms with E-state index in [-0.39, 0.29) is 16.7 Å². The van der Waals surface area contributed by atoms with Crippen LogP contribution in [0.4, 0.5) is 8.78 Å². The van der Waals surface area contributed by atoms with Crippen LogP contribution in [-0.4, -0.2) is 10.1 Å². The predicted octanol–water partition coefficient (Wildman–Crippen LogP) is 1.51. The summed E-state index contributed by atoms with van der Waals surface area (Å²) in [5.41, 5.74) is -1.01. The summed E-state index contributed by atoms with van der Waals surface area (Å²) in [5, 5.41) is 9.33. The molecular weight excluding hydrogens is 192 g/mol. The van der Waals surface area contributed by atoms with Crippen LogP contribution < -0.4 is 5.56 Å². The van der Waals surface area contributed by atoms with Crippen molar-refractivity contribution in [1.82, 2.24) is 4.98 Å². The number of benzene rings is 1. The van der Waals surface area contributed by atoms with E-state index in [1.165, 1.54) is 6.07 Å². The third kappa shape index (κ3) is 1.14. The minimum Gasteiger partial charge on any atom is -0.507 e. The Bertz CT molecular complexity index is 562. The normalized spacial score (nSPS) is 10.7. The maximum atomic E-state index is 13.1. The molecule has 2 aromatic rings. The lowest BCUT2D eigenvalue weighted by Crippen LogP contribution is -2.05. The fourth-order valence-corrected chi connectivity index (χ4v) is 1.25. The molecule has 2 rings (SSSR count). The van der Waals surface area contributed by atoms with E-state index in [2.05, 4.69) is 4.98 Å². The molecule has 0 amide bonds. The van der Waals surface area contributed by atoms with Crippen LogP contribution in [-0.2, 0) is 0 Å². The second-order valence-electron chi connectivity index (χ2n) is 2.80. The Morgan fingerprint density at radius 3 is 2.71 bits per heavy atom. The van der Waals surface area contributed by atoms with Gasteiger partial charge in [-0.25, -0.2) is 8.78 Å². The molecular formula is C9H5F2NO2. The van der Waals surface area contributed by atoms with Crippen LogP contribution in [0.1, 0.15) is 0 Å². The molecule has 0 unspecified atom stereocenters. The zero-order valence-corrected chi connectivity index (χ0v) is 6.84. The first-order valence-corrected chi connectivity index (χ1v) is 3.79. The van der Waals surface area contributed by atoms with Crippen molar-refractivity contribution in [3.63, 3.8) is 0 Å². The minimum absolute atomic E-state index is 0.0727. The first kappa shape index (κ1) is 8.68. The quantitative estimate of drug-likeness (QED) is 0.672. The number of aromatic amines is 1. The van der Waals surface area contributed by atoms with Gasteiger partial charge in [-0.1, -0.05) is 0 Å². The van der Waals surface area contributed by atoms with Gasteiger partial charge in [-0.05, 0) is 12.1 Å². The number of aromatic hydroxyl groups is 1. The van der Waals surface area contributed by atoms with Crippen molar-refractivity contribution in [3.05, 3.63) is 40.2 Å². The molecule has 1 aromatic heterocycles. The summed E-state index contributed by atoms with van der Waals surface area (Å²) in [7, 11) is 0. The van der Waals surface area contributed by atoms with Gasteiger partial charge in [0.05, 0.1) is 5.52 Å². The van der Waals surface area contributed by atoms with E-state index in [0.29, 0.717) is 0 Å². The number of hydrogen-bond donors (Lipinski definition) is 2. The molecule has 72 valence electrons. The lowest BCUT2D eigenvalue weighted by Gasteiger charge is -2.01. The molecule has 1 aromatic carbocycles. The summed E-state index contributed by atoms with van der Waals surface area (Å²) in [4.78, 5) is 13.0. The van der Waals surface area contributed by atoms with E-state index in [1.54, 1.807) is 0 Å².